The van der Waals surface area contributed by atoms with E-state index >= 15 is 0 Å². The molecule has 0 bridgehead atoms. The number of nitrogens with one attached hydrogen (secondary N) is 2. The molecule has 1 aliphatic rings. The first-order chi connectivity index (χ1) is 14.7. The second-order valence-corrected chi connectivity index (χ2v) is 7.48. The first kappa shape index (κ1) is 20.6. The van der Waals surface area contributed by atoms with E-state index in [2.05, 4.69) is 15.6 Å². The summed E-state index contributed by atoms with van der Waals surface area (Å²) in [4.78, 5) is 17.0. The van der Waals surface area contributed by atoms with Crippen LogP contribution in [-0.4, -0.2) is 16.4 Å². The number of nitrogens with zero attached hydrogens (tertiary/aromatic N) is 2. The number of halogens is 4. The number of carbonyl (C=O) groups is 1. The van der Waals surface area contributed by atoms with E-state index in [0.29, 0.717) is 18.2 Å². The Kier molecular flexibility index (Phi) is 5.01. The van der Waals surface area contributed by atoms with Crippen LogP contribution in [0.4, 0.5) is 28.9 Å². The normalized spacial score (nSPS) is 14.7. The molecule has 31 heavy (non-hydrogen) atoms. The van der Waals surface area contributed by atoms with E-state index in [1.807, 2.05) is 6.07 Å². The van der Waals surface area contributed by atoms with Gasteiger partial charge in [-0.05, 0) is 37.1 Å². The number of anilines is 2. The number of nitriles is 1. The zero-order valence-corrected chi connectivity index (χ0v) is 16.1. The number of alkyl halides is 3. The SMILES string of the molecule is N#CCC1(Nc2ccc(C(F)(F)F)cc2C(=O)Nc2cncc3cccc(F)c23)CC1. The van der Waals surface area contributed by atoms with Crippen molar-refractivity contribution in [3.63, 3.8) is 0 Å². The number of carbonyl (C=O) groups excluding carboxylic acids is 1. The van der Waals surface area contributed by atoms with Crippen LogP contribution in [0.15, 0.2) is 48.8 Å². The van der Waals surface area contributed by atoms with Gasteiger partial charge in [-0.3, -0.25) is 9.78 Å². The molecule has 2 N–H and O–H groups in total. The fourth-order valence-corrected chi connectivity index (χ4v) is 3.42. The molecule has 0 unspecified atom stereocenters. The van der Waals surface area contributed by atoms with Crippen LogP contribution < -0.4 is 10.6 Å². The minimum absolute atomic E-state index is 0.0436. The first-order valence-corrected chi connectivity index (χ1v) is 9.42. The predicted octanol–water partition coefficient (Wildman–Crippen LogP) is 5.50. The van der Waals surface area contributed by atoms with Crippen molar-refractivity contribution in [2.24, 2.45) is 0 Å². The zero-order valence-electron chi connectivity index (χ0n) is 16.1. The molecule has 0 spiro atoms. The summed E-state index contributed by atoms with van der Waals surface area (Å²) in [6.07, 6.45) is -0.494. The zero-order chi connectivity index (χ0) is 22.2. The molecule has 1 aliphatic carbocycles. The van der Waals surface area contributed by atoms with E-state index in [-0.39, 0.29) is 28.7 Å². The van der Waals surface area contributed by atoms with Gasteiger partial charge in [0.25, 0.3) is 5.91 Å². The number of fused-ring (bicyclic) bond motifs is 1. The molecule has 1 saturated carbocycles. The van der Waals surface area contributed by atoms with Gasteiger partial charge in [0.2, 0.25) is 0 Å². The van der Waals surface area contributed by atoms with Gasteiger partial charge in [-0.15, -0.1) is 0 Å². The van der Waals surface area contributed by atoms with Crippen molar-refractivity contribution in [2.75, 3.05) is 10.6 Å². The third-order valence-electron chi connectivity index (χ3n) is 5.24. The Morgan fingerprint density at radius 1 is 1.16 bits per heavy atom. The third-order valence-corrected chi connectivity index (χ3v) is 5.24. The highest BCUT2D eigenvalue weighted by molar-refractivity contribution is 6.11. The summed E-state index contributed by atoms with van der Waals surface area (Å²) in [6.45, 7) is 0. The number of rotatable bonds is 5. The van der Waals surface area contributed by atoms with Crippen LogP contribution >= 0.6 is 0 Å². The molecule has 9 heteroatoms. The molecule has 0 radical (unpaired) electrons. The summed E-state index contributed by atoms with van der Waals surface area (Å²) < 4.78 is 54.1. The molecule has 0 saturated heterocycles. The molecule has 2 aromatic carbocycles. The van der Waals surface area contributed by atoms with Crippen LogP contribution in [0.25, 0.3) is 10.8 Å². The van der Waals surface area contributed by atoms with Gasteiger partial charge in [-0.25, -0.2) is 4.39 Å². The van der Waals surface area contributed by atoms with E-state index in [1.165, 1.54) is 30.6 Å². The number of hydrogen-bond donors (Lipinski definition) is 2. The van der Waals surface area contributed by atoms with E-state index in [4.69, 9.17) is 5.26 Å². The van der Waals surface area contributed by atoms with Gasteiger partial charge >= 0.3 is 6.18 Å². The van der Waals surface area contributed by atoms with Crippen molar-refractivity contribution < 1.29 is 22.4 Å². The summed E-state index contributed by atoms with van der Waals surface area (Å²) in [7, 11) is 0. The number of hydrogen-bond acceptors (Lipinski definition) is 4. The highest BCUT2D eigenvalue weighted by Gasteiger charge is 2.43. The Hall–Kier alpha value is -3.67. The lowest BCUT2D eigenvalue weighted by atomic mass is 10.0. The van der Waals surface area contributed by atoms with Crippen molar-refractivity contribution in [3.05, 3.63) is 65.7 Å². The van der Waals surface area contributed by atoms with Crippen LogP contribution in [0.2, 0.25) is 0 Å². The molecule has 4 rings (SSSR count). The Balaban J connectivity index is 1.74. The second-order valence-electron chi connectivity index (χ2n) is 7.48. The highest BCUT2D eigenvalue weighted by Crippen LogP contribution is 2.43. The average Bonchev–Trinajstić information content (AvgIpc) is 3.47. The summed E-state index contributed by atoms with van der Waals surface area (Å²) in [6, 6.07) is 9.16. The van der Waals surface area contributed by atoms with Crippen LogP contribution in [-0.2, 0) is 6.18 Å². The van der Waals surface area contributed by atoms with E-state index in [9.17, 15) is 22.4 Å². The van der Waals surface area contributed by atoms with Gasteiger partial charge in [0.1, 0.15) is 5.82 Å². The van der Waals surface area contributed by atoms with Gasteiger partial charge in [-0.2, -0.15) is 18.4 Å². The Morgan fingerprint density at radius 2 is 1.94 bits per heavy atom. The quantitative estimate of drug-likeness (QED) is 0.526. The maximum absolute atomic E-state index is 14.3. The summed E-state index contributed by atoms with van der Waals surface area (Å²) >= 11 is 0. The molecule has 158 valence electrons. The van der Waals surface area contributed by atoms with Crippen LogP contribution in [0.3, 0.4) is 0 Å². The molecule has 1 heterocycles. The minimum atomic E-state index is -4.65. The molecule has 0 atom stereocenters. The summed E-state index contributed by atoms with van der Waals surface area (Å²) in [5.74, 6) is -1.44. The lowest BCUT2D eigenvalue weighted by Gasteiger charge is -2.20. The number of aromatic nitrogens is 1. The largest absolute Gasteiger partial charge is 0.416 e. The first-order valence-electron chi connectivity index (χ1n) is 9.42. The standard InChI is InChI=1S/C22H16F4N4O/c23-16-3-1-2-13-11-28-12-18(19(13)16)29-20(31)15-10-14(22(24,25)26)4-5-17(15)30-21(6-7-21)8-9-27/h1-5,10-12,30H,6-8H2,(H,29,31). The Labute approximate surface area is 174 Å². The topological polar surface area (TPSA) is 77.8 Å². The van der Waals surface area contributed by atoms with Gasteiger partial charge in [0.15, 0.2) is 0 Å². The number of benzene rings is 2. The minimum Gasteiger partial charge on any atom is -0.378 e. The van der Waals surface area contributed by atoms with E-state index in [1.54, 1.807) is 6.07 Å². The molecular formula is C22H16F4N4O. The van der Waals surface area contributed by atoms with Crippen LogP contribution in [0.5, 0.6) is 0 Å². The van der Waals surface area contributed by atoms with E-state index in [0.717, 1.165) is 12.1 Å². The van der Waals surface area contributed by atoms with Crippen molar-refractivity contribution in [2.45, 2.75) is 31.0 Å². The van der Waals surface area contributed by atoms with Gasteiger partial charge < -0.3 is 10.6 Å². The number of amides is 1. The highest BCUT2D eigenvalue weighted by atomic mass is 19.4. The number of pyridine rings is 1. The fraction of sp³-hybridized carbons (Fsp3) is 0.227. The molecule has 0 aliphatic heterocycles. The molecule has 3 aromatic rings. The summed E-state index contributed by atoms with van der Waals surface area (Å²) in [5.41, 5.74) is -1.59. The third kappa shape index (κ3) is 4.14. The second kappa shape index (κ2) is 7.54. The monoisotopic (exact) mass is 428 g/mol. The lowest BCUT2D eigenvalue weighted by Crippen LogP contribution is -2.24. The molecule has 1 fully saturated rings. The summed E-state index contributed by atoms with van der Waals surface area (Å²) in [5, 5.41) is 15.1. The van der Waals surface area contributed by atoms with E-state index < -0.39 is 29.0 Å². The average molecular weight is 428 g/mol. The van der Waals surface area contributed by atoms with Gasteiger partial charge in [0, 0.05) is 22.7 Å². The molecular weight excluding hydrogens is 412 g/mol. The lowest BCUT2D eigenvalue weighted by molar-refractivity contribution is -0.137. The molecule has 1 aromatic heterocycles. The smallest absolute Gasteiger partial charge is 0.378 e. The van der Waals surface area contributed by atoms with Crippen molar-refractivity contribution in [1.29, 1.82) is 5.26 Å². The maximum Gasteiger partial charge on any atom is 0.416 e. The molecule has 1 amide bonds. The van der Waals surface area contributed by atoms with Crippen LogP contribution in [0.1, 0.15) is 35.2 Å². The van der Waals surface area contributed by atoms with Gasteiger partial charge in [-0.1, -0.05) is 12.1 Å². The van der Waals surface area contributed by atoms with Gasteiger partial charge in [0.05, 0.1) is 41.0 Å². The fourth-order valence-electron chi connectivity index (χ4n) is 3.42. The maximum atomic E-state index is 14.3. The Morgan fingerprint density at radius 3 is 2.61 bits per heavy atom. The van der Waals surface area contributed by atoms with Crippen molar-refractivity contribution in [1.82, 2.24) is 4.98 Å². The predicted molar refractivity (Wildman–Crippen MR) is 107 cm³/mol. The molecule has 5 nitrogen and oxygen atoms in total. The van der Waals surface area contributed by atoms with Crippen molar-refractivity contribution in [3.8, 4) is 6.07 Å². The van der Waals surface area contributed by atoms with Crippen LogP contribution in [0, 0.1) is 17.1 Å². The Bertz CT molecular complexity index is 1210. The van der Waals surface area contributed by atoms with Crippen molar-refractivity contribution >= 4 is 28.1 Å².